The first-order valence-corrected chi connectivity index (χ1v) is 16.1. The summed E-state index contributed by atoms with van der Waals surface area (Å²) in [5, 5.41) is 4.71. The first-order chi connectivity index (χ1) is 22.8. The topological polar surface area (TPSA) is 105 Å². The van der Waals surface area contributed by atoms with Crippen LogP contribution in [-0.4, -0.2) is 69.4 Å². The van der Waals surface area contributed by atoms with Crippen molar-refractivity contribution in [1.29, 1.82) is 0 Å². The van der Waals surface area contributed by atoms with Crippen molar-refractivity contribution < 1.29 is 19.1 Å². The van der Waals surface area contributed by atoms with Crippen LogP contribution in [0.4, 0.5) is 5.69 Å². The van der Waals surface area contributed by atoms with Crippen molar-refractivity contribution in [3.8, 4) is 17.4 Å². The maximum absolute atomic E-state index is 13.6. The first kappa shape index (κ1) is 30.5. The lowest BCUT2D eigenvalue weighted by Gasteiger charge is -2.34. The Labute approximate surface area is 280 Å². The maximum Gasteiger partial charge on any atom is 0.272 e. The van der Waals surface area contributed by atoms with Crippen LogP contribution in [0.1, 0.15) is 26.5 Å². The van der Waals surface area contributed by atoms with Gasteiger partial charge in [-0.15, -0.1) is 0 Å². The quantitative estimate of drug-likeness (QED) is 0.181. The zero-order chi connectivity index (χ0) is 32.5. The molecule has 6 aromatic rings. The zero-order valence-electron chi connectivity index (χ0n) is 26.0. The molecular formula is C36H33BrN6O4. The minimum atomic E-state index is -0.261. The number of aromatic amines is 1. The SMILES string of the molecule is COc1ccc(CN2CCN(C(=O)c3cc4cc(Oc5ccc(NC(=O)c6cc7cc(Br)ccc7[nH]6)cn5)ccc4n3C)CC2)cc1. The van der Waals surface area contributed by atoms with Crippen molar-refractivity contribution in [2.75, 3.05) is 38.6 Å². The van der Waals surface area contributed by atoms with E-state index < -0.39 is 0 Å². The molecule has 10 nitrogen and oxygen atoms in total. The largest absolute Gasteiger partial charge is 0.497 e. The van der Waals surface area contributed by atoms with Gasteiger partial charge in [0.1, 0.15) is 22.9 Å². The van der Waals surface area contributed by atoms with E-state index in [1.165, 1.54) is 5.56 Å². The van der Waals surface area contributed by atoms with E-state index in [4.69, 9.17) is 9.47 Å². The lowest BCUT2D eigenvalue weighted by molar-refractivity contribution is 0.0619. The van der Waals surface area contributed by atoms with Gasteiger partial charge in [-0.2, -0.15) is 0 Å². The Morgan fingerprint density at radius 3 is 2.43 bits per heavy atom. The third-order valence-corrected chi connectivity index (χ3v) is 9.00. The molecule has 3 aromatic heterocycles. The second kappa shape index (κ2) is 12.9. The van der Waals surface area contributed by atoms with Crippen LogP contribution in [0.2, 0.25) is 0 Å². The zero-order valence-corrected chi connectivity index (χ0v) is 27.6. The summed E-state index contributed by atoms with van der Waals surface area (Å²) in [5.74, 6) is 1.60. The Hall–Kier alpha value is -5.13. The van der Waals surface area contributed by atoms with E-state index in [1.54, 1.807) is 25.4 Å². The molecule has 3 aromatic carbocycles. The van der Waals surface area contributed by atoms with Crippen molar-refractivity contribution >= 4 is 55.2 Å². The Balaban J connectivity index is 0.966. The van der Waals surface area contributed by atoms with Crippen LogP contribution in [0.3, 0.4) is 0 Å². The molecule has 7 rings (SSSR count). The second-order valence-corrected chi connectivity index (χ2v) is 12.5. The highest BCUT2D eigenvalue weighted by Gasteiger charge is 2.25. The lowest BCUT2D eigenvalue weighted by Crippen LogP contribution is -2.48. The van der Waals surface area contributed by atoms with Gasteiger partial charge in [-0.3, -0.25) is 14.5 Å². The van der Waals surface area contributed by atoms with Crippen LogP contribution in [0.15, 0.2) is 95.6 Å². The molecule has 1 aliphatic rings. The number of anilines is 1. The molecule has 238 valence electrons. The molecule has 0 saturated carbocycles. The van der Waals surface area contributed by atoms with Gasteiger partial charge in [0.25, 0.3) is 11.8 Å². The van der Waals surface area contributed by atoms with Crippen molar-refractivity contribution in [3.63, 3.8) is 0 Å². The second-order valence-electron chi connectivity index (χ2n) is 11.6. The molecule has 0 radical (unpaired) electrons. The highest BCUT2D eigenvalue weighted by Crippen LogP contribution is 2.28. The standard InChI is InChI=1S/C36H33BrN6O4/c1-41-32-11-9-29(47-34-12-6-27(21-38-34)39-35(44)31-19-24-17-26(37)5-10-30(24)40-31)18-25(32)20-33(41)36(45)43-15-13-42(14-16-43)22-23-3-7-28(46-2)8-4-23/h3-12,17-21,40H,13-16,22H2,1-2H3,(H,39,44). The van der Waals surface area contributed by atoms with Crippen molar-refractivity contribution in [2.45, 2.75) is 6.54 Å². The normalized spacial score (nSPS) is 13.6. The highest BCUT2D eigenvalue weighted by atomic mass is 79.9. The highest BCUT2D eigenvalue weighted by molar-refractivity contribution is 9.10. The first-order valence-electron chi connectivity index (χ1n) is 15.3. The molecule has 11 heteroatoms. The number of hydrogen-bond acceptors (Lipinski definition) is 6. The summed E-state index contributed by atoms with van der Waals surface area (Å²) in [6, 6.07) is 26.8. The van der Waals surface area contributed by atoms with E-state index >= 15 is 0 Å². The molecule has 2 amide bonds. The van der Waals surface area contributed by atoms with E-state index in [0.717, 1.165) is 51.7 Å². The van der Waals surface area contributed by atoms with Gasteiger partial charge in [0.15, 0.2) is 0 Å². The van der Waals surface area contributed by atoms with Gasteiger partial charge in [0.2, 0.25) is 5.88 Å². The number of ether oxygens (including phenoxy) is 2. The van der Waals surface area contributed by atoms with E-state index in [9.17, 15) is 9.59 Å². The van der Waals surface area contributed by atoms with Gasteiger partial charge in [0, 0.05) is 72.1 Å². The summed E-state index contributed by atoms with van der Waals surface area (Å²) < 4.78 is 14.2. The van der Waals surface area contributed by atoms with Crippen LogP contribution >= 0.6 is 15.9 Å². The number of carbonyl (C=O) groups is 2. The number of H-pyrrole nitrogens is 1. The van der Waals surface area contributed by atoms with E-state index in [1.807, 2.05) is 77.2 Å². The number of aryl methyl sites for hydroxylation is 1. The van der Waals surface area contributed by atoms with Crippen LogP contribution in [-0.2, 0) is 13.6 Å². The average molecular weight is 694 g/mol. The number of nitrogens with zero attached hydrogens (tertiary/aromatic N) is 4. The molecule has 0 unspecified atom stereocenters. The number of aromatic nitrogens is 3. The molecule has 1 saturated heterocycles. The molecule has 0 atom stereocenters. The van der Waals surface area contributed by atoms with Crippen LogP contribution in [0, 0.1) is 0 Å². The Bertz CT molecular complexity index is 2080. The number of rotatable bonds is 8. The van der Waals surface area contributed by atoms with Crippen LogP contribution in [0.5, 0.6) is 17.4 Å². The Kier molecular flexibility index (Phi) is 8.40. The summed E-state index contributed by atoms with van der Waals surface area (Å²) in [6.45, 7) is 3.82. The van der Waals surface area contributed by atoms with E-state index in [0.29, 0.717) is 41.8 Å². The number of amides is 2. The summed E-state index contributed by atoms with van der Waals surface area (Å²) >= 11 is 3.46. The minimum Gasteiger partial charge on any atom is -0.497 e. The summed E-state index contributed by atoms with van der Waals surface area (Å²) in [5.41, 5.74) is 4.69. The number of pyridine rings is 1. The van der Waals surface area contributed by atoms with Crippen LogP contribution in [0.25, 0.3) is 21.8 Å². The average Bonchev–Trinajstić information content (AvgIpc) is 3.66. The van der Waals surface area contributed by atoms with Gasteiger partial charge >= 0.3 is 0 Å². The number of nitrogens with one attached hydrogen (secondary N) is 2. The van der Waals surface area contributed by atoms with Crippen molar-refractivity contribution in [3.05, 3.63) is 113 Å². The molecule has 4 heterocycles. The predicted molar refractivity (Wildman–Crippen MR) is 185 cm³/mol. The molecular weight excluding hydrogens is 660 g/mol. The fourth-order valence-electron chi connectivity index (χ4n) is 5.92. The molecule has 1 fully saturated rings. The smallest absolute Gasteiger partial charge is 0.272 e. The molecule has 0 bridgehead atoms. The third kappa shape index (κ3) is 6.58. The summed E-state index contributed by atoms with van der Waals surface area (Å²) in [6.07, 6.45) is 1.56. The monoisotopic (exact) mass is 692 g/mol. The number of carbonyl (C=O) groups excluding carboxylic acids is 2. The number of piperazine rings is 1. The number of fused-ring (bicyclic) bond motifs is 2. The van der Waals surface area contributed by atoms with Gasteiger partial charge in [-0.1, -0.05) is 28.1 Å². The number of methoxy groups -OCH3 is 1. The lowest BCUT2D eigenvalue weighted by atomic mass is 10.2. The number of hydrogen-bond donors (Lipinski definition) is 2. The van der Waals surface area contributed by atoms with Crippen molar-refractivity contribution in [1.82, 2.24) is 24.3 Å². The molecule has 0 spiro atoms. The molecule has 47 heavy (non-hydrogen) atoms. The molecule has 0 aliphatic carbocycles. The van der Waals surface area contributed by atoms with Gasteiger partial charge < -0.3 is 29.2 Å². The summed E-state index contributed by atoms with van der Waals surface area (Å²) in [4.78, 5) is 38.2. The predicted octanol–water partition coefficient (Wildman–Crippen LogP) is 6.83. The van der Waals surface area contributed by atoms with Crippen LogP contribution < -0.4 is 14.8 Å². The van der Waals surface area contributed by atoms with Gasteiger partial charge in [-0.25, -0.2) is 4.98 Å². The Morgan fingerprint density at radius 1 is 0.894 bits per heavy atom. The fraction of sp³-hybridized carbons (Fsp3) is 0.194. The fourth-order valence-corrected chi connectivity index (χ4v) is 6.29. The third-order valence-electron chi connectivity index (χ3n) is 8.50. The maximum atomic E-state index is 13.6. The van der Waals surface area contributed by atoms with Gasteiger partial charge in [0.05, 0.1) is 19.0 Å². The number of halogens is 1. The van der Waals surface area contributed by atoms with E-state index in [2.05, 4.69) is 48.2 Å². The Morgan fingerprint density at radius 2 is 1.68 bits per heavy atom. The van der Waals surface area contributed by atoms with E-state index in [-0.39, 0.29) is 11.8 Å². The minimum absolute atomic E-state index is 0.0230. The van der Waals surface area contributed by atoms with Gasteiger partial charge in [-0.05, 0) is 72.3 Å². The van der Waals surface area contributed by atoms with Crippen molar-refractivity contribution in [2.24, 2.45) is 7.05 Å². The molecule has 1 aliphatic heterocycles. The summed E-state index contributed by atoms with van der Waals surface area (Å²) in [7, 11) is 3.59. The molecule has 2 N–H and O–H groups in total. The number of benzene rings is 3.